The number of hydrogen-bond acceptors (Lipinski definition) is 3. The Hall–Kier alpha value is -1.32. The lowest BCUT2D eigenvalue weighted by Crippen LogP contribution is -1.95. The van der Waals surface area contributed by atoms with Crippen LogP contribution in [0.25, 0.3) is 0 Å². The summed E-state index contributed by atoms with van der Waals surface area (Å²) in [5.74, 6) is 0.870. The molecule has 0 heterocycles. The average Bonchev–Trinajstić information content (AvgIpc) is 2.42. The average molecular weight is 250 g/mol. The van der Waals surface area contributed by atoms with Gasteiger partial charge in [-0.25, -0.2) is 0 Å². The highest BCUT2D eigenvalue weighted by Gasteiger charge is 1.94. The third-order valence-corrected chi connectivity index (χ3v) is 2.61. The molecule has 1 rings (SSSR count). The largest absolute Gasteiger partial charge is 0.497 e. The highest BCUT2D eigenvalue weighted by molar-refractivity contribution is 5.26. The van der Waals surface area contributed by atoms with E-state index in [1.807, 2.05) is 30.3 Å². The van der Waals surface area contributed by atoms with Gasteiger partial charge in [-0.05, 0) is 37.0 Å². The molecule has 0 spiro atoms. The lowest BCUT2D eigenvalue weighted by Gasteiger charge is -2.05. The molecule has 0 saturated carbocycles. The van der Waals surface area contributed by atoms with E-state index in [0.29, 0.717) is 6.61 Å². The Balaban J connectivity index is 2.05. The molecular formula is C15H22O3. The van der Waals surface area contributed by atoms with Crippen LogP contribution in [-0.2, 0) is 11.3 Å². The van der Waals surface area contributed by atoms with E-state index in [-0.39, 0.29) is 6.61 Å². The quantitative estimate of drug-likeness (QED) is 0.541. The van der Waals surface area contributed by atoms with Crippen LogP contribution in [0.1, 0.15) is 24.8 Å². The first-order valence-electron chi connectivity index (χ1n) is 6.33. The monoisotopic (exact) mass is 250 g/mol. The number of unbranched alkanes of at least 4 members (excludes halogenated alkanes) is 2. The van der Waals surface area contributed by atoms with Crippen molar-refractivity contribution in [3.8, 4) is 5.75 Å². The van der Waals surface area contributed by atoms with E-state index < -0.39 is 0 Å². The van der Waals surface area contributed by atoms with Crippen LogP contribution in [0.15, 0.2) is 36.4 Å². The summed E-state index contributed by atoms with van der Waals surface area (Å²) in [5.41, 5.74) is 1.16. The second-order valence-corrected chi connectivity index (χ2v) is 4.05. The van der Waals surface area contributed by atoms with Gasteiger partial charge in [-0.2, -0.15) is 0 Å². The van der Waals surface area contributed by atoms with E-state index in [2.05, 4.69) is 0 Å². The van der Waals surface area contributed by atoms with E-state index in [0.717, 1.165) is 37.2 Å². The molecule has 0 atom stereocenters. The van der Waals surface area contributed by atoms with Gasteiger partial charge in [0.2, 0.25) is 0 Å². The van der Waals surface area contributed by atoms with Gasteiger partial charge >= 0.3 is 0 Å². The SMILES string of the molecule is COc1ccc(COCCCC/C=C/CO)cc1. The normalized spacial score (nSPS) is 11.0. The Labute approximate surface area is 109 Å². The maximum Gasteiger partial charge on any atom is 0.118 e. The molecule has 0 unspecified atom stereocenters. The lowest BCUT2D eigenvalue weighted by atomic mass is 10.2. The Morgan fingerprint density at radius 1 is 1.11 bits per heavy atom. The van der Waals surface area contributed by atoms with Gasteiger partial charge in [0.05, 0.1) is 20.3 Å². The summed E-state index contributed by atoms with van der Waals surface area (Å²) in [6, 6.07) is 7.92. The molecule has 3 heteroatoms. The second-order valence-electron chi connectivity index (χ2n) is 4.05. The molecule has 0 aliphatic carbocycles. The molecule has 18 heavy (non-hydrogen) atoms. The fourth-order valence-electron chi connectivity index (χ4n) is 1.57. The van der Waals surface area contributed by atoms with Crippen LogP contribution in [0.5, 0.6) is 5.75 Å². The van der Waals surface area contributed by atoms with Crippen molar-refractivity contribution in [2.75, 3.05) is 20.3 Å². The predicted molar refractivity (Wildman–Crippen MR) is 72.7 cm³/mol. The van der Waals surface area contributed by atoms with Crippen LogP contribution < -0.4 is 4.74 Å². The number of rotatable bonds is 9. The van der Waals surface area contributed by atoms with Gasteiger partial charge < -0.3 is 14.6 Å². The third kappa shape index (κ3) is 6.42. The number of ether oxygens (including phenoxy) is 2. The van der Waals surface area contributed by atoms with E-state index in [4.69, 9.17) is 14.6 Å². The lowest BCUT2D eigenvalue weighted by molar-refractivity contribution is 0.117. The molecule has 100 valence electrons. The number of allylic oxidation sites excluding steroid dienone is 1. The first-order chi connectivity index (χ1) is 8.86. The standard InChI is InChI=1S/C15H22O3/c1-17-15-9-7-14(8-10-15)13-18-12-6-4-2-3-5-11-16/h3,5,7-10,16H,2,4,6,11-13H2,1H3/b5-3+. The number of aliphatic hydroxyl groups is 1. The van der Waals surface area contributed by atoms with Gasteiger partial charge in [0.15, 0.2) is 0 Å². The number of methoxy groups -OCH3 is 1. The molecule has 0 aromatic heterocycles. The molecule has 0 radical (unpaired) electrons. The van der Waals surface area contributed by atoms with Crippen LogP contribution in [0.2, 0.25) is 0 Å². The predicted octanol–water partition coefficient (Wildman–Crippen LogP) is 2.93. The maximum atomic E-state index is 8.55. The number of aliphatic hydroxyl groups excluding tert-OH is 1. The van der Waals surface area contributed by atoms with Crippen LogP contribution in [0.3, 0.4) is 0 Å². The van der Waals surface area contributed by atoms with Crippen LogP contribution in [0.4, 0.5) is 0 Å². The van der Waals surface area contributed by atoms with Gasteiger partial charge in [0.25, 0.3) is 0 Å². The molecular weight excluding hydrogens is 228 g/mol. The van der Waals surface area contributed by atoms with Crippen molar-refractivity contribution < 1.29 is 14.6 Å². The zero-order valence-electron chi connectivity index (χ0n) is 11.0. The smallest absolute Gasteiger partial charge is 0.118 e. The fraction of sp³-hybridized carbons (Fsp3) is 0.467. The Bertz CT molecular complexity index is 330. The summed E-state index contributed by atoms with van der Waals surface area (Å²) in [6.45, 7) is 1.56. The molecule has 3 nitrogen and oxygen atoms in total. The topological polar surface area (TPSA) is 38.7 Å². The summed E-state index contributed by atoms with van der Waals surface area (Å²) in [5, 5.41) is 8.55. The molecule has 0 aliphatic rings. The summed E-state index contributed by atoms with van der Waals surface area (Å²) in [6.07, 6.45) is 6.93. The molecule has 0 amide bonds. The van der Waals surface area contributed by atoms with E-state index in [9.17, 15) is 0 Å². The first kappa shape index (κ1) is 14.7. The van der Waals surface area contributed by atoms with Crippen molar-refractivity contribution >= 4 is 0 Å². The van der Waals surface area contributed by atoms with Crippen LogP contribution in [-0.4, -0.2) is 25.4 Å². The van der Waals surface area contributed by atoms with Gasteiger partial charge in [-0.15, -0.1) is 0 Å². The zero-order valence-corrected chi connectivity index (χ0v) is 11.0. The molecule has 1 aromatic carbocycles. The van der Waals surface area contributed by atoms with Crippen LogP contribution in [0, 0.1) is 0 Å². The second kappa shape index (κ2) is 9.68. The molecule has 0 fully saturated rings. The minimum atomic E-state index is 0.133. The van der Waals surface area contributed by atoms with Gasteiger partial charge in [0, 0.05) is 6.61 Å². The Morgan fingerprint density at radius 3 is 2.56 bits per heavy atom. The molecule has 0 saturated heterocycles. The number of hydrogen-bond donors (Lipinski definition) is 1. The van der Waals surface area contributed by atoms with E-state index in [1.165, 1.54) is 0 Å². The van der Waals surface area contributed by atoms with E-state index in [1.54, 1.807) is 13.2 Å². The summed E-state index contributed by atoms with van der Waals surface area (Å²) >= 11 is 0. The van der Waals surface area contributed by atoms with Crippen LogP contribution >= 0.6 is 0 Å². The summed E-state index contributed by atoms with van der Waals surface area (Å²) in [4.78, 5) is 0. The highest BCUT2D eigenvalue weighted by Crippen LogP contribution is 2.12. The van der Waals surface area contributed by atoms with Crippen molar-refractivity contribution in [1.29, 1.82) is 0 Å². The van der Waals surface area contributed by atoms with Gasteiger partial charge in [0.1, 0.15) is 5.75 Å². The van der Waals surface area contributed by atoms with Crippen molar-refractivity contribution in [2.24, 2.45) is 0 Å². The molecule has 0 aliphatic heterocycles. The minimum Gasteiger partial charge on any atom is -0.497 e. The maximum absolute atomic E-state index is 8.55. The van der Waals surface area contributed by atoms with Gasteiger partial charge in [-0.3, -0.25) is 0 Å². The minimum absolute atomic E-state index is 0.133. The van der Waals surface area contributed by atoms with Gasteiger partial charge in [-0.1, -0.05) is 24.3 Å². The molecule has 0 bridgehead atoms. The zero-order chi connectivity index (χ0) is 13.1. The summed E-state index contributed by atoms with van der Waals surface area (Å²) < 4.78 is 10.7. The molecule has 1 N–H and O–H groups in total. The van der Waals surface area contributed by atoms with E-state index >= 15 is 0 Å². The van der Waals surface area contributed by atoms with Crippen molar-refractivity contribution in [2.45, 2.75) is 25.9 Å². The highest BCUT2D eigenvalue weighted by atomic mass is 16.5. The van der Waals surface area contributed by atoms with Crippen molar-refractivity contribution in [3.05, 3.63) is 42.0 Å². The Morgan fingerprint density at radius 2 is 1.89 bits per heavy atom. The van der Waals surface area contributed by atoms with Crippen molar-refractivity contribution in [3.63, 3.8) is 0 Å². The Kier molecular flexibility index (Phi) is 7.93. The van der Waals surface area contributed by atoms with Crippen molar-refractivity contribution in [1.82, 2.24) is 0 Å². The third-order valence-electron chi connectivity index (χ3n) is 2.61. The number of benzene rings is 1. The first-order valence-corrected chi connectivity index (χ1v) is 6.33. The summed E-state index contributed by atoms with van der Waals surface area (Å²) in [7, 11) is 1.66. The fourth-order valence-corrected chi connectivity index (χ4v) is 1.57. The molecule has 1 aromatic rings.